The van der Waals surface area contributed by atoms with Gasteiger partial charge in [0.2, 0.25) is 4.96 Å². The Bertz CT molecular complexity index is 962. The molecule has 0 aliphatic carbocycles. The Morgan fingerprint density at radius 2 is 1.87 bits per heavy atom. The van der Waals surface area contributed by atoms with Crippen molar-refractivity contribution in [2.24, 2.45) is 0 Å². The van der Waals surface area contributed by atoms with E-state index < -0.39 is 0 Å². The molecule has 0 unspecified atom stereocenters. The van der Waals surface area contributed by atoms with E-state index in [0.29, 0.717) is 5.56 Å². The molecule has 7 heteroatoms. The maximum atomic E-state index is 12.1. The quantitative estimate of drug-likeness (QED) is 0.629. The van der Waals surface area contributed by atoms with Gasteiger partial charge in [-0.15, -0.1) is 16.4 Å². The molecule has 1 aromatic carbocycles. The predicted molar refractivity (Wildman–Crippen MR) is 88.5 cm³/mol. The number of anilines is 1. The predicted octanol–water partition coefficient (Wildman–Crippen LogP) is 3.11. The van der Waals surface area contributed by atoms with Crippen LogP contribution in [-0.2, 0) is 0 Å². The first-order valence-corrected chi connectivity index (χ1v) is 7.80. The summed E-state index contributed by atoms with van der Waals surface area (Å²) in [5, 5.41) is 9.09. The Morgan fingerprint density at radius 3 is 2.65 bits per heavy atom. The van der Waals surface area contributed by atoms with Crippen LogP contribution < -0.4 is 5.32 Å². The number of fused-ring (bicyclic) bond motifs is 1. The van der Waals surface area contributed by atoms with Gasteiger partial charge in [0.1, 0.15) is 0 Å². The van der Waals surface area contributed by atoms with Gasteiger partial charge in [-0.05, 0) is 12.1 Å². The molecular formula is C16H11N5OS. The summed E-state index contributed by atoms with van der Waals surface area (Å²) < 4.78 is 1.74. The number of hydrogen-bond donors (Lipinski definition) is 1. The monoisotopic (exact) mass is 321 g/mol. The SMILES string of the molecule is O=C(Nc1nc2scc(-c3ccccc3)n2n1)c1ccncc1. The van der Waals surface area contributed by atoms with Crippen molar-refractivity contribution in [2.75, 3.05) is 5.32 Å². The van der Waals surface area contributed by atoms with E-state index >= 15 is 0 Å². The Labute approximate surface area is 135 Å². The van der Waals surface area contributed by atoms with E-state index in [1.807, 2.05) is 35.7 Å². The number of nitrogens with zero attached hydrogens (tertiary/aromatic N) is 4. The minimum atomic E-state index is -0.257. The molecule has 0 aliphatic heterocycles. The normalized spacial score (nSPS) is 10.8. The molecule has 4 rings (SSSR count). The smallest absolute Gasteiger partial charge is 0.258 e. The molecule has 6 nitrogen and oxygen atoms in total. The van der Waals surface area contributed by atoms with Crippen molar-refractivity contribution in [1.29, 1.82) is 0 Å². The summed E-state index contributed by atoms with van der Waals surface area (Å²) in [6.45, 7) is 0. The molecular weight excluding hydrogens is 310 g/mol. The van der Waals surface area contributed by atoms with Gasteiger partial charge in [0.15, 0.2) is 0 Å². The van der Waals surface area contributed by atoms with Gasteiger partial charge in [-0.2, -0.15) is 4.98 Å². The van der Waals surface area contributed by atoms with Crippen LogP contribution in [0.5, 0.6) is 0 Å². The summed E-state index contributed by atoms with van der Waals surface area (Å²) in [5.74, 6) is 0.0303. The number of rotatable bonds is 3. The van der Waals surface area contributed by atoms with Gasteiger partial charge in [0.05, 0.1) is 5.69 Å². The van der Waals surface area contributed by atoms with Crippen LogP contribution in [0, 0.1) is 0 Å². The van der Waals surface area contributed by atoms with Crippen LogP contribution in [0.25, 0.3) is 16.2 Å². The Kier molecular flexibility index (Phi) is 3.32. The van der Waals surface area contributed by atoms with Crippen molar-refractivity contribution < 1.29 is 4.79 Å². The average molecular weight is 321 g/mol. The number of thiazole rings is 1. The molecule has 0 saturated carbocycles. The molecule has 0 aliphatic rings. The van der Waals surface area contributed by atoms with Crippen molar-refractivity contribution in [3.63, 3.8) is 0 Å². The Morgan fingerprint density at radius 1 is 1.09 bits per heavy atom. The van der Waals surface area contributed by atoms with Crippen LogP contribution in [0.3, 0.4) is 0 Å². The van der Waals surface area contributed by atoms with Gasteiger partial charge in [-0.1, -0.05) is 30.3 Å². The minimum absolute atomic E-state index is 0.257. The molecule has 0 saturated heterocycles. The summed E-state index contributed by atoms with van der Waals surface area (Å²) in [7, 11) is 0. The van der Waals surface area contributed by atoms with Crippen LogP contribution >= 0.6 is 11.3 Å². The zero-order valence-electron chi connectivity index (χ0n) is 11.9. The first-order chi connectivity index (χ1) is 11.3. The van der Waals surface area contributed by atoms with E-state index in [2.05, 4.69) is 20.4 Å². The number of amides is 1. The molecule has 3 aromatic heterocycles. The van der Waals surface area contributed by atoms with Crippen LogP contribution in [0.15, 0.2) is 60.2 Å². The highest BCUT2D eigenvalue weighted by Gasteiger charge is 2.13. The van der Waals surface area contributed by atoms with Gasteiger partial charge in [0, 0.05) is 28.9 Å². The highest BCUT2D eigenvalue weighted by molar-refractivity contribution is 7.15. The molecule has 4 aromatic rings. The van der Waals surface area contributed by atoms with Crippen molar-refractivity contribution >= 4 is 28.2 Å². The third-order valence-electron chi connectivity index (χ3n) is 3.32. The van der Waals surface area contributed by atoms with Crippen LogP contribution in [0.2, 0.25) is 0 Å². The Balaban J connectivity index is 1.65. The molecule has 0 fully saturated rings. The van der Waals surface area contributed by atoms with E-state index in [1.54, 1.807) is 29.0 Å². The molecule has 1 N–H and O–H groups in total. The van der Waals surface area contributed by atoms with Gasteiger partial charge >= 0.3 is 0 Å². The molecule has 3 heterocycles. The third kappa shape index (κ3) is 2.58. The van der Waals surface area contributed by atoms with E-state index in [4.69, 9.17) is 0 Å². The first-order valence-electron chi connectivity index (χ1n) is 6.92. The fourth-order valence-corrected chi connectivity index (χ4v) is 3.05. The van der Waals surface area contributed by atoms with E-state index in [9.17, 15) is 4.79 Å². The second-order valence-electron chi connectivity index (χ2n) is 4.81. The second-order valence-corrected chi connectivity index (χ2v) is 5.64. The van der Waals surface area contributed by atoms with E-state index in [-0.39, 0.29) is 11.9 Å². The van der Waals surface area contributed by atoms with Gasteiger partial charge in [-0.25, -0.2) is 4.52 Å². The summed E-state index contributed by atoms with van der Waals surface area (Å²) in [6.07, 6.45) is 3.14. The van der Waals surface area contributed by atoms with Crippen molar-refractivity contribution in [2.45, 2.75) is 0 Å². The van der Waals surface area contributed by atoms with E-state index in [0.717, 1.165) is 16.2 Å². The van der Waals surface area contributed by atoms with Crippen LogP contribution in [0.4, 0.5) is 5.95 Å². The second kappa shape index (κ2) is 5.62. The standard InChI is InChI=1S/C16H11N5OS/c22-14(12-6-8-17-9-7-12)18-15-19-16-21(20-15)13(10-23-16)11-4-2-1-3-5-11/h1-10H,(H,18,20,22). The fraction of sp³-hybridized carbons (Fsp3) is 0. The maximum absolute atomic E-state index is 12.1. The van der Waals surface area contributed by atoms with E-state index in [1.165, 1.54) is 11.3 Å². The summed E-state index contributed by atoms with van der Waals surface area (Å²) in [6, 6.07) is 13.2. The lowest BCUT2D eigenvalue weighted by Crippen LogP contribution is -2.13. The van der Waals surface area contributed by atoms with Gasteiger partial charge in [-0.3, -0.25) is 15.1 Å². The average Bonchev–Trinajstić information content (AvgIpc) is 3.16. The number of carbonyl (C=O) groups is 1. The third-order valence-corrected chi connectivity index (χ3v) is 4.14. The molecule has 0 spiro atoms. The topological polar surface area (TPSA) is 72.2 Å². The number of aromatic nitrogens is 4. The summed E-state index contributed by atoms with van der Waals surface area (Å²) >= 11 is 1.48. The zero-order chi connectivity index (χ0) is 15.6. The Hall–Kier alpha value is -3.06. The van der Waals surface area contributed by atoms with Gasteiger partial charge < -0.3 is 0 Å². The molecule has 112 valence electrons. The van der Waals surface area contributed by atoms with Crippen LogP contribution in [-0.4, -0.2) is 25.5 Å². The molecule has 0 bridgehead atoms. The van der Waals surface area contributed by atoms with Crippen LogP contribution in [0.1, 0.15) is 10.4 Å². The molecule has 0 atom stereocenters. The highest BCUT2D eigenvalue weighted by atomic mass is 32.1. The largest absolute Gasteiger partial charge is 0.289 e. The molecule has 1 amide bonds. The number of carbonyl (C=O) groups excluding carboxylic acids is 1. The zero-order valence-corrected chi connectivity index (χ0v) is 12.7. The molecule has 0 radical (unpaired) electrons. The maximum Gasteiger partial charge on any atom is 0.258 e. The number of benzene rings is 1. The number of hydrogen-bond acceptors (Lipinski definition) is 5. The lowest BCUT2D eigenvalue weighted by molar-refractivity contribution is 0.102. The molecule has 23 heavy (non-hydrogen) atoms. The highest BCUT2D eigenvalue weighted by Crippen LogP contribution is 2.25. The number of pyridine rings is 1. The fourth-order valence-electron chi connectivity index (χ4n) is 2.22. The first kappa shape index (κ1) is 13.6. The van der Waals surface area contributed by atoms with Crippen molar-refractivity contribution in [3.8, 4) is 11.3 Å². The van der Waals surface area contributed by atoms with Crippen molar-refractivity contribution in [1.82, 2.24) is 19.6 Å². The summed E-state index contributed by atoms with van der Waals surface area (Å²) in [4.78, 5) is 21.1. The van der Waals surface area contributed by atoms with Crippen molar-refractivity contribution in [3.05, 3.63) is 65.8 Å². The number of nitrogens with one attached hydrogen (secondary N) is 1. The van der Waals surface area contributed by atoms with Gasteiger partial charge in [0.25, 0.3) is 11.9 Å². The minimum Gasteiger partial charge on any atom is -0.289 e. The lowest BCUT2D eigenvalue weighted by Gasteiger charge is -2.00. The lowest BCUT2D eigenvalue weighted by atomic mass is 10.2. The summed E-state index contributed by atoms with van der Waals surface area (Å²) in [5.41, 5.74) is 2.51.